The minimum Gasteiger partial charge on any atom is -0.497 e. The van der Waals surface area contributed by atoms with Gasteiger partial charge in [-0.2, -0.15) is 8.78 Å². The number of amides is 1. The molecule has 5 nitrogen and oxygen atoms in total. The lowest BCUT2D eigenvalue weighted by molar-refractivity contribution is -0.162. The van der Waals surface area contributed by atoms with Crippen LogP contribution in [0.4, 0.5) is 14.5 Å². The minimum atomic E-state index is -3.45. The van der Waals surface area contributed by atoms with Crippen molar-refractivity contribution in [1.29, 1.82) is 0 Å². The Morgan fingerprint density at radius 2 is 1.83 bits per heavy atom. The molecule has 2 aliphatic heterocycles. The zero-order valence-corrected chi connectivity index (χ0v) is 12.7. The monoisotopic (exact) mass is 333 g/mol. The molecule has 1 saturated heterocycles. The molecule has 0 saturated carbocycles. The molecule has 2 heterocycles. The van der Waals surface area contributed by atoms with Crippen LogP contribution in [0.15, 0.2) is 42.5 Å². The number of ether oxygens (including phenoxy) is 3. The van der Waals surface area contributed by atoms with Gasteiger partial charge in [0.2, 0.25) is 6.79 Å². The molecule has 1 atom stereocenters. The second-order valence-electron chi connectivity index (χ2n) is 5.51. The van der Waals surface area contributed by atoms with Gasteiger partial charge < -0.3 is 14.2 Å². The van der Waals surface area contributed by atoms with E-state index in [2.05, 4.69) is 0 Å². The summed E-state index contributed by atoms with van der Waals surface area (Å²) in [6.45, 7) is 0.0742. The molecule has 2 aromatic rings. The molecule has 1 amide bonds. The summed E-state index contributed by atoms with van der Waals surface area (Å²) in [5.41, 5.74) is 0.675. The van der Waals surface area contributed by atoms with Crippen LogP contribution < -0.4 is 19.1 Å². The van der Waals surface area contributed by atoms with Gasteiger partial charge in [0.05, 0.1) is 7.11 Å². The topological polar surface area (TPSA) is 48.0 Å². The Hall–Kier alpha value is -2.83. The SMILES string of the molecule is COc1ccc([C@H]2N(c3ccc4c(c3)OCO4)C(=O)C2(F)F)cc1. The van der Waals surface area contributed by atoms with E-state index in [1.165, 1.54) is 25.3 Å². The predicted molar refractivity (Wildman–Crippen MR) is 80.7 cm³/mol. The smallest absolute Gasteiger partial charge is 0.349 e. The highest BCUT2D eigenvalue weighted by atomic mass is 19.3. The van der Waals surface area contributed by atoms with E-state index >= 15 is 0 Å². The molecular weight excluding hydrogens is 320 g/mol. The summed E-state index contributed by atoms with van der Waals surface area (Å²) >= 11 is 0. The number of benzene rings is 2. The van der Waals surface area contributed by atoms with Crippen molar-refractivity contribution in [3.05, 3.63) is 48.0 Å². The fourth-order valence-corrected chi connectivity index (χ4v) is 2.94. The van der Waals surface area contributed by atoms with Crippen molar-refractivity contribution >= 4 is 11.6 Å². The third kappa shape index (κ3) is 2.01. The highest BCUT2D eigenvalue weighted by molar-refractivity contribution is 6.07. The maximum Gasteiger partial charge on any atom is 0.349 e. The molecule has 1 fully saturated rings. The van der Waals surface area contributed by atoms with Crippen molar-refractivity contribution in [2.75, 3.05) is 18.8 Å². The number of nitrogens with zero attached hydrogens (tertiary/aromatic N) is 1. The van der Waals surface area contributed by atoms with Crippen LogP contribution in [0.1, 0.15) is 11.6 Å². The van der Waals surface area contributed by atoms with E-state index in [4.69, 9.17) is 14.2 Å². The number of carbonyl (C=O) groups excluding carboxylic acids is 1. The molecule has 0 aliphatic carbocycles. The van der Waals surface area contributed by atoms with Crippen LogP contribution in [-0.4, -0.2) is 25.7 Å². The quantitative estimate of drug-likeness (QED) is 0.810. The first-order valence-corrected chi connectivity index (χ1v) is 7.27. The maximum absolute atomic E-state index is 14.2. The van der Waals surface area contributed by atoms with Crippen molar-refractivity contribution in [1.82, 2.24) is 0 Å². The molecule has 4 rings (SSSR count). The fourth-order valence-electron chi connectivity index (χ4n) is 2.94. The van der Waals surface area contributed by atoms with Gasteiger partial charge in [-0.1, -0.05) is 12.1 Å². The zero-order valence-electron chi connectivity index (χ0n) is 12.7. The van der Waals surface area contributed by atoms with Gasteiger partial charge in [-0.15, -0.1) is 0 Å². The largest absolute Gasteiger partial charge is 0.497 e. The molecule has 0 N–H and O–H groups in total. The number of rotatable bonds is 3. The zero-order chi connectivity index (χ0) is 16.9. The summed E-state index contributed by atoms with van der Waals surface area (Å²) < 4.78 is 43.9. The molecule has 2 aliphatic rings. The first kappa shape index (κ1) is 14.7. The minimum absolute atomic E-state index is 0.0742. The molecular formula is C17H13F2NO4. The molecule has 24 heavy (non-hydrogen) atoms. The first-order chi connectivity index (χ1) is 11.5. The Kier molecular flexibility index (Phi) is 3.13. The van der Waals surface area contributed by atoms with Crippen molar-refractivity contribution in [3.63, 3.8) is 0 Å². The number of fused-ring (bicyclic) bond motifs is 1. The van der Waals surface area contributed by atoms with Gasteiger partial charge in [-0.25, -0.2) is 0 Å². The number of anilines is 1. The molecule has 2 aromatic carbocycles. The number of hydrogen-bond donors (Lipinski definition) is 0. The highest BCUT2D eigenvalue weighted by Crippen LogP contribution is 2.51. The van der Waals surface area contributed by atoms with Crippen molar-refractivity contribution in [2.45, 2.75) is 12.0 Å². The molecule has 0 spiro atoms. The molecule has 0 unspecified atom stereocenters. The number of methoxy groups -OCH3 is 1. The van der Waals surface area contributed by atoms with Crippen LogP contribution >= 0.6 is 0 Å². The maximum atomic E-state index is 14.2. The average molecular weight is 333 g/mol. The van der Waals surface area contributed by atoms with Gasteiger partial charge in [0.15, 0.2) is 11.5 Å². The van der Waals surface area contributed by atoms with Gasteiger partial charge in [0, 0.05) is 11.8 Å². The Bertz CT molecular complexity index is 807. The second kappa shape index (κ2) is 5.09. The second-order valence-corrected chi connectivity index (χ2v) is 5.51. The van der Waals surface area contributed by atoms with Gasteiger partial charge in [0.25, 0.3) is 0 Å². The van der Waals surface area contributed by atoms with Crippen molar-refractivity contribution in [2.24, 2.45) is 0 Å². The van der Waals surface area contributed by atoms with Gasteiger partial charge in [-0.05, 0) is 29.8 Å². The Labute approximate surface area is 136 Å². The summed E-state index contributed by atoms with van der Waals surface area (Å²) in [6, 6.07) is 9.58. The Morgan fingerprint density at radius 1 is 1.12 bits per heavy atom. The van der Waals surface area contributed by atoms with Gasteiger partial charge >= 0.3 is 11.8 Å². The highest BCUT2D eigenvalue weighted by Gasteiger charge is 2.64. The number of alkyl halides is 2. The number of halogens is 2. The first-order valence-electron chi connectivity index (χ1n) is 7.27. The van der Waals surface area contributed by atoms with Crippen LogP contribution in [0.3, 0.4) is 0 Å². The van der Waals surface area contributed by atoms with E-state index in [1.54, 1.807) is 24.3 Å². The van der Waals surface area contributed by atoms with E-state index < -0.39 is 17.9 Å². The summed E-state index contributed by atoms with van der Waals surface area (Å²) in [4.78, 5) is 13.0. The van der Waals surface area contributed by atoms with Crippen LogP contribution in [0, 0.1) is 0 Å². The summed E-state index contributed by atoms with van der Waals surface area (Å²) in [6.07, 6.45) is 0. The van der Waals surface area contributed by atoms with Gasteiger partial charge in [-0.3, -0.25) is 9.69 Å². The molecule has 0 radical (unpaired) electrons. The van der Waals surface area contributed by atoms with Crippen LogP contribution in [-0.2, 0) is 4.79 Å². The fraction of sp³-hybridized carbons (Fsp3) is 0.235. The lowest BCUT2D eigenvalue weighted by Gasteiger charge is -2.46. The molecule has 7 heteroatoms. The van der Waals surface area contributed by atoms with Crippen molar-refractivity contribution < 1.29 is 27.8 Å². The van der Waals surface area contributed by atoms with E-state index in [0.717, 1.165) is 4.90 Å². The molecule has 124 valence electrons. The van der Waals surface area contributed by atoms with Crippen molar-refractivity contribution in [3.8, 4) is 17.2 Å². The molecule has 0 bridgehead atoms. The lowest BCUT2D eigenvalue weighted by atomic mass is 9.89. The Balaban J connectivity index is 1.72. The van der Waals surface area contributed by atoms with Crippen LogP contribution in [0.5, 0.6) is 17.2 Å². The van der Waals surface area contributed by atoms with Crippen LogP contribution in [0.25, 0.3) is 0 Å². The standard InChI is InChI=1S/C17H13F2NO4/c1-22-12-5-2-10(3-6-12)15-17(18,19)16(21)20(15)11-4-7-13-14(8-11)24-9-23-13/h2-8,15H,9H2,1H3/t15-/m1/s1. The van der Waals surface area contributed by atoms with Crippen LogP contribution in [0.2, 0.25) is 0 Å². The summed E-state index contributed by atoms with van der Waals surface area (Å²) in [5.74, 6) is -3.17. The lowest BCUT2D eigenvalue weighted by Crippen LogP contribution is -2.64. The third-order valence-corrected chi connectivity index (χ3v) is 4.17. The Morgan fingerprint density at radius 3 is 2.54 bits per heavy atom. The van der Waals surface area contributed by atoms with E-state index in [9.17, 15) is 13.6 Å². The third-order valence-electron chi connectivity index (χ3n) is 4.17. The molecule has 0 aromatic heterocycles. The summed E-state index contributed by atoms with van der Waals surface area (Å²) in [7, 11) is 1.50. The summed E-state index contributed by atoms with van der Waals surface area (Å²) in [5, 5.41) is 0. The number of hydrogen-bond acceptors (Lipinski definition) is 4. The van der Waals surface area contributed by atoms with Gasteiger partial charge in [0.1, 0.15) is 11.8 Å². The van der Waals surface area contributed by atoms with E-state index in [1.807, 2.05) is 0 Å². The number of carbonyl (C=O) groups is 1. The number of β-lactam (4-membered cyclic amide) rings is 1. The van der Waals surface area contributed by atoms with E-state index in [-0.39, 0.29) is 6.79 Å². The average Bonchev–Trinajstić information content (AvgIpc) is 3.06. The van der Waals surface area contributed by atoms with E-state index in [0.29, 0.717) is 28.5 Å². The normalized spacial score (nSPS) is 20.7. The predicted octanol–water partition coefficient (Wildman–Crippen LogP) is 3.15.